The standard InChI is InChI=1S/C38H24B2N8O12/c49-22-4-13-14(5-23(22)50)32-41-31(13)42-33-15-6-24(51)25(52)7-16(15)35(44-33)46-37-19-10-28(55)30(60-29-3-12(39(56)57)1-2-21(29)40(58)59)11-20(19)38(48-37)47-36-18-9-27(54)26(53)8-17(18)34(43-32)45-36/h1-11,49-59H,(H2,41,42,43,44,45,46,47,48). The Morgan fingerprint density at radius 1 is 0.383 bits per heavy atom. The molecule has 22 heteroatoms. The molecule has 0 amide bonds. The van der Waals surface area contributed by atoms with E-state index in [0.717, 1.165) is 6.07 Å². The van der Waals surface area contributed by atoms with E-state index in [1.54, 1.807) is 0 Å². The number of nitrogens with zero attached hydrogens (tertiary/aromatic N) is 6. The number of nitrogens with one attached hydrogen (secondary N) is 2. The van der Waals surface area contributed by atoms with Crippen LogP contribution in [0.2, 0.25) is 0 Å². The van der Waals surface area contributed by atoms with Gasteiger partial charge in [-0.25, -0.2) is 29.9 Å². The molecule has 8 bridgehead atoms. The fraction of sp³-hybridized carbons (Fsp3) is 0. The summed E-state index contributed by atoms with van der Waals surface area (Å²) in [5, 5.41) is 115. The normalized spacial score (nSPS) is 11.8. The van der Waals surface area contributed by atoms with Crippen molar-refractivity contribution in [1.29, 1.82) is 0 Å². The number of H-pyrrole nitrogens is 2. The minimum absolute atomic E-state index is 0.00204. The summed E-state index contributed by atoms with van der Waals surface area (Å²) in [6.07, 6.45) is 0. The molecular weight excluding hydrogens is 782 g/mol. The number of phenolic OH excluding ortho intramolecular Hbond substituents is 7. The van der Waals surface area contributed by atoms with Gasteiger partial charge in [-0.1, -0.05) is 12.1 Å². The van der Waals surface area contributed by atoms with Crippen molar-refractivity contribution in [2.24, 2.45) is 0 Å². The van der Waals surface area contributed by atoms with E-state index in [1.165, 1.54) is 60.7 Å². The second kappa shape index (κ2) is 12.9. The van der Waals surface area contributed by atoms with Crippen molar-refractivity contribution in [3.05, 3.63) is 66.7 Å². The average Bonchev–Trinajstić information content (AvgIpc) is 3.90. The molecule has 8 aromatic rings. The van der Waals surface area contributed by atoms with E-state index < -0.39 is 54.5 Å². The number of hydrogen-bond donors (Lipinski definition) is 13. The summed E-state index contributed by atoms with van der Waals surface area (Å²) < 4.78 is 5.95. The maximum Gasteiger partial charge on any atom is 0.492 e. The summed E-state index contributed by atoms with van der Waals surface area (Å²) >= 11 is 0. The predicted molar refractivity (Wildman–Crippen MR) is 214 cm³/mol. The molecule has 0 spiro atoms. The first kappa shape index (κ1) is 36.2. The third-order valence-electron chi connectivity index (χ3n) is 10.0. The molecule has 0 unspecified atom stereocenters. The van der Waals surface area contributed by atoms with Crippen molar-refractivity contribution in [2.75, 3.05) is 0 Å². The van der Waals surface area contributed by atoms with Crippen molar-refractivity contribution < 1.29 is 60.6 Å². The van der Waals surface area contributed by atoms with E-state index in [4.69, 9.17) is 24.7 Å². The molecule has 20 nitrogen and oxygen atoms in total. The Balaban J connectivity index is 1.32. The molecule has 0 saturated carbocycles. The Hall–Kier alpha value is -8.17. The van der Waals surface area contributed by atoms with E-state index in [2.05, 4.69) is 19.9 Å². The van der Waals surface area contributed by atoms with Gasteiger partial charge in [0, 0.05) is 49.3 Å². The number of hydrogen-bond acceptors (Lipinski definition) is 18. The van der Waals surface area contributed by atoms with Gasteiger partial charge in [-0.15, -0.1) is 0 Å². The third-order valence-corrected chi connectivity index (χ3v) is 10.0. The summed E-state index contributed by atoms with van der Waals surface area (Å²) in [6, 6.07) is 13.6. The molecule has 0 saturated heterocycles. The van der Waals surface area contributed by atoms with Gasteiger partial charge in [0.15, 0.2) is 69.3 Å². The lowest BCUT2D eigenvalue weighted by atomic mass is 9.74. The van der Waals surface area contributed by atoms with Crippen molar-refractivity contribution in [3.63, 3.8) is 0 Å². The van der Waals surface area contributed by atoms with Gasteiger partial charge in [-0.05, 0) is 60.1 Å². The molecule has 60 heavy (non-hydrogen) atoms. The van der Waals surface area contributed by atoms with E-state index in [-0.39, 0.29) is 112 Å². The highest BCUT2D eigenvalue weighted by molar-refractivity contribution is 6.61. The van der Waals surface area contributed by atoms with E-state index in [1.807, 2.05) is 0 Å². The summed E-state index contributed by atoms with van der Waals surface area (Å²) in [6.45, 7) is 0. The number of aromatic nitrogens is 8. The summed E-state index contributed by atoms with van der Waals surface area (Å²) in [5.41, 5.74) is 0.923. The zero-order valence-electron chi connectivity index (χ0n) is 30.0. The highest BCUT2D eigenvalue weighted by Crippen LogP contribution is 2.45. The van der Waals surface area contributed by atoms with Crippen LogP contribution in [0.15, 0.2) is 66.7 Å². The molecule has 0 atom stereocenters. The fourth-order valence-electron chi connectivity index (χ4n) is 7.09. The topological polar surface area (TPSA) is 341 Å². The Morgan fingerprint density at radius 2 is 0.750 bits per heavy atom. The summed E-state index contributed by atoms with van der Waals surface area (Å²) in [4.78, 5) is 34.4. The molecule has 5 aromatic carbocycles. The van der Waals surface area contributed by atoms with E-state index >= 15 is 0 Å². The summed E-state index contributed by atoms with van der Waals surface area (Å²) in [7, 11) is -4.00. The SMILES string of the molecule is OB(O)c1ccc(B(O)O)c(Oc2cc3c(cc2O)-c2nc-3nc3[nH]c(nc4nc(nc5[nH]c(n2)c2cc(O)c(O)cc52)-c2cc(O)c(O)cc2-4)c2cc(O)c(O)cc32)c1. The average molecular weight is 806 g/mol. The van der Waals surface area contributed by atoms with Crippen LogP contribution in [0, 0.1) is 0 Å². The van der Waals surface area contributed by atoms with Crippen LogP contribution in [-0.4, -0.2) is 110 Å². The molecular formula is C38H24B2N8O12. The maximum atomic E-state index is 11.3. The molecule has 2 aliphatic heterocycles. The Morgan fingerprint density at radius 3 is 1.13 bits per heavy atom. The minimum Gasteiger partial charge on any atom is -0.504 e. The molecule has 0 radical (unpaired) electrons. The van der Waals surface area contributed by atoms with Crippen LogP contribution >= 0.6 is 0 Å². The summed E-state index contributed by atoms with van der Waals surface area (Å²) in [5.74, 6) is -3.99. The first-order valence-corrected chi connectivity index (χ1v) is 17.6. The highest BCUT2D eigenvalue weighted by Gasteiger charge is 2.28. The van der Waals surface area contributed by atoms with Crippen LogP contribution in [0.5, 0.6) is 51.7 Å². The first-order chi connectivity index (χ1) is 28.7. The van der Waals surface area contributed by atoms with Crippen molar-refractivity contribution >= 4 is 69.3 Å². The maximum absolute atomic E-state index is 11.3. The van der Waals surface area contributed by atoms with Crippen LogP contribution in [0.3, 0.4) is 0 Å². The minimum atomic E-state index is -2.06. The second-order valence-electron chi connectivity index (χ2n) is 13.8. The molecule has 2 aliphatic rings. The number of aromatic amines is 2. The van der Waals surface area contributed by atoms with Gasteiger partial charge >= 0.3 is 14.2 Å². The van der Waals surface area contributed by atoms with Crippen molar-refractivity contribution in [2.45, 2.75) is 0 Å². The van der Waals surface area contributed by atoms with E-state index in [9.17, 15) is 55.8 Å². The zero-order valence-corrected chi connectivity index (χ0v) is 30.0. The number of ether oxygens (including phenoxy) is 1. The van der Waals surface area contributed by atoms with Crippen LogP contribution < -0.4 is 15.7 Å². The predicted octanol–water partition coefficient (Wildman–Crippen LogP) is 1.96. The first-order valence-electron chi connectivity index (χ1n) is 17.6. The smallest absolute Gasteiger partial charge is 0.492 e. The fourth-order valence-corrected chi connectivity index (χ4v) is 7.09. The van der Waals surface area contributed by atoms with Crippen molar-refractivity contribution in [3.8, 4) is 97.3 Å². The largest absolute Gasteiger partial charge is 0.504 e. The number of fused-ring (bicyclic) bond motifs is 20. The van der Waals surface area contributed by atoms with Crippen molar-refractivity contribution in [1.82, 2.24) is 39.9 Å². The molecule has 5 heterocycles. The van der Waals surface area contributed by atoms with Crippen LogP contribution in [0.25, 0.3) is 89.7 Å². The van der Waals surface area contributed by atoms with Gasteiger partial charge in [0.05, 0.1) is 0 Å². The third kappa shape index (κ3) is 5.66. The Kier molecular flexibility index (Phi) is 7.79. The van der Waals surface area contributed by atoms with Gasteiger partial charge in [0.1, 0.15) is 28.3 Å². The monoisotopic (exact) mass is 806 g/mol. The van der Waals surface area contributed by atoms with Crippen LogP contribution in [0.1, 0.15) is 0 Å². The number of rotatable bonds is 4. The Bertz CT molecular complexity index is 3370. The molecule has 0 aliphatic carbocycles. The number of phenols is 7. The number of benzene rings is 5. The lowest BCUT2D eigenvalue weighted by molar-refractivity contribution is 0.404. The highest BCUT2D eigenvalue weighted by atomic mass is 16.5. The van der Waals surface area contributed by atoms with Crippen LogP contribution in [-0.2, 0) is 0 Å². The van der Waals surface area contributed by atoms with Gasteiger partial charge in [-0.3, -0.25) is 0 Å². The lowest BCUT2D eigenvalue weighted by Gasteiger charge is -2.14. The van der Waals surface area contributed by atoms with Gasteiger partial charge in [0.25, 0.3) is 0 Å². The van der Waals surface area contributed by atoms with Gasteiger partial charge in [0.2, 0.25) is 0 Å². The molecule has 0 fully saturated rings. The van der Waals surface area contributed by atoms with Gasteiger partial charge in [-0.2, -0.15) is 0 Å². The number of aromatic hydroxyl groups is 7. The molecule has 13 N–H and O–H groups in total. The molecule has 3 aromatic heterocycles. The molecule has 10 rings (SSSR count). The van der Waals surface area contributed by atoms with E-state index in [0.29, 0.717) is 0 Å². The van der Waals surface area contributed by atoms with Gasteiger partial charge < -0.3 is 70.5 Å². The lowest BCUT2D eigenvalue weighted by Crippen LogP contribution is -2.36. The quantitative estimate of drug-likeness (QED) is 0.0892. The molecule has 294 valence electrons. The van der Waals surface area contributed by atoms with Crippen LogP contribution in [0.4, 0.5) is 0 Å². The Labute approximate surface area is 333 Å². The zero-order chi connectivity index (χ0) is 41.9. The second-order valence-corrected chi connectivity index (χ2v) is 13.8.